The quantitative estimate of drug-likeness (QED) is 0.179. The minimum absolute atomic E-state index is 0.0147. The fourth-order valence-electron chi connectivity index (χ4n) is 7.95. The molecule has 1 amide bonds. The monoisotopic (exact) mass is 696 g/mol. The Morgan fingerprint density at radius 1 is 1.04 bits per heavy atom. The second kappa shape index (κ2) is 12.1. The molecule has 1 unspecified atom stereocenters. The van der Waals surface area contributed by atoms with E-state index in [2.05, 4.69) is 10.6 Å². The van der Waals surface area contributed by atoms with E-state index in [9.17, 15) is 54.6 Å². The van der Waals surface area contributed by atoms with Crippen molar-refractivity contribution in [2.24, 2.45) is 5.92 Å². The number of benzene rings is 2. The largest absolute Gasteiger partial charge is 0.507 e. The lowest BCUT2D eigenvalue weighted by atomic mass is 9.56. The van der Waals surface area contributed by atoms with Crippen LogP contribution >= 0.6 is 0 Å². The van der Waals surface area contributed by atoms with Crippen LogP contribution in [0.4, 0.5) is 0 Å². The van der Waals surface area contributed by atoms with Gasteiger partial charge in [0.25, 0.3) is 5.91 Å². The standard InChI is InChI=1S/C34H36N2O14/c1-11-6-13-7-19(39)34(49-5)30(45)22-15(29(44)33(34,47)23(13)27(43)20(11)31(46)35-3)8-14-21(26(22)42)18(38)9-17(24(14)40)36-32-16(10-37)25(41)28(48-4)12(2)50-32/h6,8-9,12,16,19,25,28,32,36-37,39,41-43,47H,7,10H2,1-5H3,(H,35,46)/t12-,16+,19+,25-,28-,32?,33-,34+/m0/s1. The summed E-state index contributed by atoms with van der Waals surface area (Å²) in [7, 11) is 3.56. The highest BCUT2D eigenvalue weighted by molar-refractivity contribution is 6.31. The number of fused-ring (bicyclic) bond motifs is 5. The average Bonchev–Trinajstić information content (AvgIpc) is 3.05. The Hall–Kier alpha value is -4.55. The second-order valence-electron chi connectivity index (χ2n) is 12.8. The molecule has 16 heteroatoms. The van der Waals surface area contributed by atoms with Crippen molar-refractivity contribution >= 4 is 29.0 Å². The number of hydrogen-bond donors (Lipinski definition) is 8. The molecule has 8 N–H and O–H groups in total. The zero-order valence-electron chi connectivity index (χ0n) is 27.6. The van der Waals surface area contributed by atoms with E-state index < -0.39 is 135 Å². The molecule has 50 heavy (non-hydrogen) atoms. The molecule has 0 bridgehead atoms. The Balaban J connectivity index is 1.51. The second-order valence-corrected chi connectivity index (χ2v) is 12.8. The molecule has 1 aliphatic heterocycles. The number of hydrogen-bond acceptors (Lipinski definition) is 15. The van der Waals surface area contributed by atoms with Gasteiger partial charge in [-0.2, -0.15) is 0 Å². The smallest absolute Gasteiger partial charge is 0.255 e. The third kappa shape index (κ3) is 4.40. The molecule has 1 heterocycles. The maximum Gasteiger partial charge on any atom is 0.255 e. The summed E-state index contributed by atoms with van der Waals surface area (Å²) in [5.74, 6) is -8.43. The number of rotatable bonds is 6. The van der Waals surface area contributed by atoms with Crippen molar-refractivity contribution < 1.29 is 68.8 Å². The summed E-state index contributed by atoms with van der Waals surface area (Å²) >= 11 is 0. The number of carbonyl (C=O) groups excluding carboxylic acids is 5. The van der Waals surface area contributed by atoms with Gasteiger partial charge >= 0.3 is 0 Å². The number of amides is 1. The topological polar surface area (TPSA) is 258 Å². The molecule has 1 fully saturated rings. The first kappa shape index (κ1) is 35.3. The summed E-state index contributed by atoms with van der Waals surface area (Å²) in [6, 6.07) is 2.20. The van der Waals surface area contributed by atoms with Crippen LogP contribution in [0.15, 0.2) is 23.9 Å². The number of ketones is 4. The Morgan fingerprint density at radius 2 is 1.72 bits per heavy atom. The molecule has 266 valence electrons. The first-order chi connectivity index (χ1) is 23.6. The first-order valence-corrected chi connectivity index (χ1v) is 15.6. The van der Waals surface area contributed by atoms with Crippen LogP contribution in [0.2, 0.25) is 0 Å². The van der Waals surface area contributed by atoms with Gasteiger partial charge in [0.2, 0.25) is 17.3 Å². The third-order valence-corrected chi connectivity index (χ3v) is 10.4. The van der Waals surface area contributed by atoms with E-state index in [0.29, 0.717) is 0 Å². The number of ether oxygens (including phenoxy) is 3. The normalized spacial score (nSPS) is 31.7. The number of aliphatic hydroxyl groups excluding tert-OH is 3. The number of Topliss-reactive ketones (excluding diaryl/α,β-unsaturated/α-hetero) is 3. The van der Waals surface area contributed by atoms with Gasteiger partial charge in [-0.1, -0.05) is 6.07 Å². The van der Waals surface area contributed by atoms with Gasteiger partial charge in [-0.05, 0) is 31.0 Å². The summed E-state index contributed by atoms with van der Waals surface area (Å²) in [4.78, 5) is 69.2. The molecule has 6 rings (SSSR count). The summed E-state index contributed by atoms with van der Waals surface area (Å²) in [5, 5.41) is 72.6. The predicted molar refractivity (Wildman–Crippen MR) is 168 cm³/mol. The Bertz CT molecular complexity index is 1920. The lowest BCUT2D eigenvalue weighted by molar-refractivity contribution is -0.214. The van der Waals surface area contributed by atoms with E-state index in [4.69, 9.17) is 14.2 Å². The molecule has 16 nitrogen and oxygen atoms in total. The maximum absolute atomic E-state index is 14.6. The lowest BCUT2D eigenvalue weighted by Crippen LogP contribution is -2.73. The van der Waals surface area contributed by atoms with E-state index in [1.807, 2.05) is 0 Å². The predicted octanol–water partition coefficient (Wildman–Crippen LogP) is -1.08. The van der Waals surface area contributed by atoms with E-state index >= 15 is 0 Å². The van der Waals surface area contributed by atoms with Crippen LogP contribution in [0.3, 0.4) is 0 Å². The van der Waals surface area contributed by atoms with E-state index in [-0.39, 0.29) is 16.7 Å². The molecule has 2 aromatic carbocycles. The molecule has 1 saturated heterocycles. The van der Waals surface area contributed by atoms with Gasteiger partial charge in [-0.25, -0.2) is 0 Å². The van der Waals surface area contributed by atoms with Gasteiger partial charge in [-0.3, -0.25) is 24.0 Å². The SMILES string of the molecule is CNC(=O)c1c(C)cc2c(c1O)[C@]1(O)C(=O)c3cc4c(c(O)c3C(=O)[C@]1(OC)[C@H](O)C2)C(=O)C=C(NC1O[C@@H](C)[C@H](OC)[C@@H](O)[C@H]1CO)C4=O. The minimum Gasteiger partial charge on any atom is -0.507 e. The first-order valence-electron chi connectivity index (χ1n) is 15.6. The lowest BCUT2D eigenvalue weighted by Gasteiger charge is -2.53. The molecule has 8 atom stereocenters. The van der Waals surface area contributed by atoms with Gasteiger partial charge < -0.3 is 55.5 Å². The van der Waals surface area contributed by atoms with E-state index in [1.54, 1.807) is 6.92 Å². The van der Waals surface area contributed by atoms with Crippen molar-refractivity contribution in [3.8, 4) is 11.5 Å². The maximum atomic E-state index is 14.6. The van der Waals surface area contributed by atoms with Crippen LogP contribution in [-0.2, 0) is 26.2 Å². The fourth-order valence-corrected chi connectivity index (χ4v) is 7.95. The number of aliphatic hydroxyl groups is 4. The molecule has 0 radical (unpaired) electrons. The molecule has 0 aromatic heterocycles. The number of aromatic hydroxyl groups is 2. The zero-order chi connectivity index (χ0) is 36.8. The van der Waals surface area contributed by atoms with Crippen LogP contribution in [0.1, 0.15) is 75.4 Å². The molecule has 4 aliphatic rings. The Morgan fingerprint density at radius 3 is 2.32 bits per heavy atom. The highest BCUT2D eigenvalue weighted by Gasteiger charge is 2.72. The molecule has 2 aromatic rings. The van der Waals surface area contributed by atoms with Gasteiger partial charge in [0, 0.05) is 50.5 Å². The Labute approximate surface area is 284 Å². The average molecular weight is 697 g/mol. The minimum atomic E-state index is -3.22. The number of phenols is 2. The molecular formula is C34H36N2O14. The van der Waals surface area contributed by atoms with Crippen LogP contribution in [0, 0.1) is 12.8 Å². The summed E-state index contributed by atoms with van der Waals surface area (Å²) in [5.41, 5.74) is -9.94. The number of phenolic OH excluding ortho intramolecular Hbond substituents is 2. The van der Waals surface area contributed by atoms with Crippen molar-refractivity contribution in [1.29, 1.82) is 0 Å². The van der Waals surface area contributed by atoms with Gasteiger partial charge in [-0.15, -0.1) is 0 Å². The third-order valence-electron chi connectivity index (χ3n) is 10.4. The van der Waals surface area contributed by atoms with Crippen LogP contribution < -0.4 is 10.6 Å². The van der Waals surface area contributed by atoms with Crippen molar-refractivity contribution in [2.75, 3.05) is 27.9 Å². The van der Waals surface area contributed by atoms with E-state index in [1.165, 1.54) is 27.1 Å². The van der Waals surface area contributed by atoms with Gasteiger partial charge in [0.05, 0.1) is 53.2 Å². The molecule has 0 saturated carbocycles. The van der Waals surface area contributed by atoms with Crippen molar-refractivity contribution in [3.63, 3.8) is 0 Å². The molecular weight excluding hydrogens is 660 g/mol. The number of aryl methyl sites for hydroxylation is 1. The highest BCUT2D eigenvalue weighted by Crippen LogP contribution is 2.56. The zero-order valence-corrected chi connectivity index (χ0v) is 27.6. The summed E-state index contributed by atoms with van der Waals surface area (Å²) in [6.45, 7) is 2.46. The molecule has 3 aliphatic carbocycles. The van der Waals surface area contributed by atoms with Crippen molar-refractivity contribution in [3.05, 3.63) is 68.4 Å². The Kier molecular flexibility index (Phi) is 8.50. The summed E-state index contributed by atoms with van der Waals surface area (Å²) in [6.07, 6.45) is -5.57. The highest BCUT2D eigenvalue weighted by atomic mass is 16.6. The van der Waals surface area contributed by atoms with Gasteiger partial charge in [0.15, 0.2) is 17.0 Å². The van der Waals surface area contributed by atoms with E-state index in [0.717, 1.165) is 19.3 Å². The fraction of sp³-hybridized carbons (Fsp3) is 0.441. The van der Waals surface area contributed by atoms with Crippen molar-refractivity contribution in [2.45, 2.75) is 62.1 Å². The van der Waals surface area contributed by atoms with Gasteiger partial charge in [0.1, 0.15) is 23.8 Å². The van der Waals surface area contributed by atoms with Crippen molar-refractivity contribution in [1.82, 2.24) is 10.6 Å². The van der Waals surface area contributed by atoms with Crippen LogP contribution in [-0.4, -0.2) is 124 Å². The number of nitrogens with one attached hydrogen (secondary N) is 2. The molecule has 0 spiro atoms. The van der Waals surface area contributed by atoms with Crippen LogP contribution in [0.5, 0.6) is 11.5 Å². The number of methoxy groups -OCH3 is 2. The van der Waals surface area contributed by atoms with Crippen LogP contribution in [0.25, 0.3) is 0 Å². The number of allylic oxidation sites excluding steroid dienone is 2. The summed E-state index contributed by atoms with van der Waals surface area (Å²) < 4.78 is 16.6. The number of carbonyl (C=O) groups is 5.